The van der Waals surface area contributed by atoms with Crippen LogP contribution in [-0.4, -0.2) is 42.5 Å². The maximum atomic E-state index is 12.4. The largest absolute Gasteiger partial charge is 0.480 e. The lowest BCUT2D eigenvalue weighted by molar-refractivity contribution is -0.142. The Hall–Kier alpha value is -1.48. The highest BCUT2D eigenvalue weighted by Crippen LogP contribution is 2.20. The summed E-state index contributed by atoms with van der Waals surface area (Å²) in [5, 5.41) is 9.23. The maximum absolute atomic E-state index is 12.4. The van der Waals surface area contributed by atoms with Crippen molar-refractivity contribution in [3.63, 3.8) is 0 Å². The average molecular weight is 370 g/mol. The maximum Gasteiger partial charge on any atom is 0.322 e. The van der Waals surface area contributed by atoms with E-state index >= 15 is 0 Å². The van der Waals surface area contributed by atoms with Crippen molar-refractivity contribution in [1.29, 1.82) is 0 Å². The summed E-state index contributed by atoms with van der Waals surface area (Å²) < 4.78 is 34.0. The lowest BCUT2D eigenvalue weighted by Crippen LogP contribution is -2.51. The van der Waals surface area contributed by atoms with E-state index in [1.165, 1.54) is 0 Å². The third-order valence-electron chi connectivity index (χ3n) is 4.11. The SMILES string of the molecule is CC(C)OCc1ccc(CNS(=O)(=O)N2CCCCC2C(=O)O)cc1. The van der Waals surface area contributed by atoms with E-state index in [1.54, 1.807) is 0 Å². The molecule has 1 aliphatic heterocycles. The molecule has 1 saturated heterocycles. The van der Waals surface area contributed by atoms with E-state index in [0.29, 0.717) is 19.4 Å². The Morgan fingerprint density at radius 2 is 1.92 bits per heavy atom. The van der Waals surface area contributed by atoms with Gasteiger partial charge >= 0.3 is 5.97 Å². The molecule has 0 bridgehead atoms. The van der Waals surface area contributed by atoms with Crippen LogP contribution >= 0.6 is 0 Å². The van der Waals surface area contributed by atoms with Crippen molar-refractivity contribution >= 4 is 16.2 Å². The third kappa shape index (κ3) is 5.78. The molecule has 0 spiro atoms. The summed E-state index contributed by atoms with van der Waals surface area (Å²) in [6, 6.07) is 6.49. The number of hydrogen-bond acceptors (Lipinski definition) is 4. The van der Waals surface area contributed by atoms with Crippen molar-refractivity contribution in [3.05, 3.63) is 35.4 Å². The fourth-order valence-corrected chi connectivity index (χ4v) is 4.13. The second kappa shape index (κ2) is 8.75. The first-order chi connectivity index (χ1) is 11.8. The molecule has 140 valence electrons. The van der Waals surface area contributed by atoms with E-state index in [2.05, 4.69) is 4.72 Å². The van der Waals surface area contributed by atoms with E-state index in [-0.39, 0.29) is 19.2 Å². The number of carboxylic acid groups (broad SMARTS) is 1. The van der Waals surface area contributed by atoms with Gasteiger partial charge < -0.3 is 9.84 Å². The van der Waals surface area contributed by atoms with E-state index in [4.69, 9.17) is 4.74 Å². The molecule has 1 atom stereocenters. The smallest absolute Gasteiger partial charge is 0.322 e. The first-order valence-electron chi connectivity index (χ1n) is 8.48. The van der Waals surface area contributed by atoms with Crippen molar-refractivity contribution in [3.8, 4) is 0 Å². The van der Waals surface area contributed by atoms with Crippen LogP contribution in [0.25, 0.3) is 0 Å². The molecule has 0 radical (unpaired) electrons. The Morgan fingerprint density at radius 1 is 1.28 bits per heavy atom. The molecule has 1 heterocycles. The molecule has 0 amide bonds. The molecule has 8 heteroatoms. The van der Waals surface area contributed by atoms with Crippen molar-refractivity contribution in [2.24, 2.45) is 0 Å². The summed E-state index contributed by atoms with van der Waals surface area (Å²) >= 11 is 0. The van der Waals surface area contributed by atoms with Gasteiger partial charge in [0.2, 0.25) is 0 Å². The molecule has 1 aromatic rings. The van der Waals surface area contributed by atoms with Crippen molar-refractivity contribution < 1.29 is 23.1 Å². The summed E-state index contributed by atoms with van der Waals surface area (Å²) in [5.74, 6) is -1.10. The molecule has 25 heavy (non-hydrogen) atoms. The Morgan fingerprint density at radius 3 is 2.52 bits per heavy atom. The Labute approximate surface area is 149 Å². The van der Waals surface area contributed by atoms with Crippen LogP contribution in [0.15, 0.2) is 24.3 Å². The normalized spacial score (nSPS) is 19.2. The zero-order valence-corrected chi connectivity index (χ0v) is 15.5. The molecule has 2 N–H and O–H groups in total. The van der Waals surface area contributed by atoms with E-state index in [9.17, 15) is 18.3 Å². The lowest BCUT2D eigenvalue weighted by Gasteiger charge is -2.31. The fraction of sp³-hybridized carbons (Fsp3) is 0.588. The van der Waals surface area contributed by atoms with Gasteiger partial charge in [-0.15, -0.1) is 0 Å². The minimum atomic E-state index is -3.83. The molecule has 0 saturated carbocycles. The Bertz CT molecular complexity index is 673. The second-order valence-corrected chi connectivity index (χ2v) is 8.17. The van der Waals surface area contributed by atoms with Gasteiger partial charge in [-0.3, -0.25) is 4.79 Å². The highest BCUT2D eigenvalue weighted by molar-refractivity contribution is 7.87. The van der Waals surface area contributed by atoms with Gasteiger partial charge in [0.25, 0.3) is 10.2 Å². The number of aliphatic carboxylic acids is 1. The molecular formula is C17H26N2O5S. The fourth-order valence-electron chi connectivity index (χ4n) is 2.71. The van der Waals surface area contributed by atoms with Gasteiger partial charge in [-0.2, -0.15) is 17.4 Å². The molecule has 1 aliphatic rings. The molecule has 1 fully saturated rings. The van der Waals surface area contributed by atoms with Crippen LogP contribution in [0.3, 0.4) is 0 Å². The van der Waals surface area contributed by atoms with Crippen LogP contribution in [0.5, 0.6) is 0 Å². The predicted molar refractivity (Wildman–Crippen MR) is 94.1 cm³/mol. The second-order valence-electron chi connectivity index (χ2n) is 6.46. The molecular weight excluding hydrogens is 344 g/mol. The summed E-state index contributed by atoms with van der Waals surface area (Å²) in [7, 11) is -3.83. The standard InChI is InChI=1S/C17H26N2O5S/c1-13(2)24-12-15-8-6-14(7-9-15)11-18-25(22,23)19-10-4-3-5-16(19)17(20)21/h6-9,13,16,18H,3-5,10-12H2,1-2H3,(H,20,21). The molecule has 0 aliphatic carbocycles. The van der Waals surface area contributed by atoms with Gasteiger partial charge in [-0.1, -0.05) is 24.3 Å². The monoisotopic (exact) mass is 370 g/mol. The summed E-state index contributed by atoms with van der Waals surface area (Å²) in [4.78, 5) is 11.3. The lowest BCUT2D eigenvalue weighted by atomic mass is 10.1. The average Bonchev–Trinajstić information content (AvgIpc) is 2.59. The van der Waals surface area contributed by atoms with Crippen molar-refractivity contribution in [2.45, 2.75) is 58.4 Å². The zero-order chi connectivity index (χ0) is 18.4. The van der Waals surface area contributed by atoms with Crippen molar-refractivity contribution in [2.75, 3.05) is 6.54 Å². The Kier molecular flexibility index (Phi) is 6.95. The third-order valence-corrected chi connectivity index (χ3v) is 5.68. The summed E-state index contributed by atoms with van der Waals surface area (Å²) in [6.45, 7) is 4.80. The summed E-state index contributed by atoms with van der Waals surface area (Å²) in [5.41, 5.74) is 1.82. The van der Waals surface area contributed by atoms with E-state index in [1.807, 2.05) is 38.1 Å². The van der Waals surface area contributed by atoms with Gasteiger partial charge in [-0.25, -0.2) is 0 Å². The molecule has 0 aromatic heterocycles. The summed E-state index contributed by atoms with van der Waals surface area (Å²) in [6.07, 6.45) is 1.90. The number of carboxylic acids is 1. The quantitative estimate of drug-likeness (QED) is 0.728. The topological polar surface area (TPSA) is 95.9 Å². The molecule has 7 nitrogen and oxygen atoms in total. The van der Waals surface area contributed by atoms with Gasteiger partial charge in [0, 0.05) is 13.1 Å². The van der Waals surface area contributed by atoms with Gasteiger partial charge in [0.1, 0.15) is 6.04 Å². The van der Waals surface area contributed by atoms with E-state index in [0.717, 1.165) is 21.9 Å². The highest BCUT2D eigenvalue weighted by atomic mass is 32.2. The van der Waals surface area contributed by atoms with E-state index < -0.39 is 22.2 Å². The number of benzene rings is 1. The molecule has 1 aromatic carbocycles. The molecule has 1 unspecified atom stereocenters. The first-order valence-corrected chi connectivity index (χ1v) is 9.92. The number of rotatable bonds is 8. The number of nitrogens with one attached hydrogen (secondary N) is 1. The number of hydrogen-bond donors (Lipinski definition) is 2. The van der Waals surface area contributed by atoms with Gasteiger partial charge in [0.05, 0.1) is 12.7 Å². The first kappa shape index (κ1) is 19.8. The van der Waals surface area contributed by atoms with Crippen LogP contribution in [0.4, 0.5) is 0 Å². The minimum absolute atomic E-state index is 0.122. The zero-order valence-electron chi connectivity index (χ0n) is 14.6. The van der Waals surface area contributed by atoms with Crippen LogP contribution in [-0.2, 0) is 32.9 Å². The minimum Gasteiger partial charge on any atom is -0.480 e. The van der Waals surface area contributed by atoms with Crippen molar-refractivity contribution in [1.82, 2.24) is 9.03 Å². The predicted octanol–water partition coefficient (Wildman–Crippen LogP) is 1.89. The van der Waals surface area contributed by atoms with Crippen LogP contribution in [0.2, 0.25) is 0 Å². The van der Waals surface area contributed by atoms with Gasteiger partial charge in [0.15, 0.2) is 0 Å². The van der Waals surface area contributed by atoms with Crippen LogP contribution < -0.4 is 4.72 Å². The molecule has 2 rings (SSSR count). The highest BCUT2D eigenvalue weighted by Gasteiger charge is 2.36. The van der Waals surface area contributed by atoms with Crippen LogP contribution in [0.1, 0.15) is 44.2 Å². The van der Waals surface area contributed by atoms with Crippen LogP contribution in [0, 0.1) is 0 Å². The Balaban J connectivity index is 1.95. The number of carbonyl (C=O) groups is 1. The number of nitrogens with zero attached hydrogens (tertiary/aromatic N) is 1. The number of piperidine rings is 1. The van der Waals surface area contributed by atoms with Gasteiger partial charge in [-0.05, 0) is 44.2 Å². The number of ether oxygens (including phenoxy) is 1.